The Morgan fingerprint density at radius 3 is 2.10 bits per heavy atom. The molecule has 0 amide bonds. The van der Waals surface area contributed by atoms with Crippen molar-refractivity contribution in [3.05, 3.63) is 0 Å². The number of rotatable bonds is 4. The van der Waals surface area contributed by atoms with E-state index in [1.165, 1.54) is 6.92 Å². The van der Waals surface area contributed by atoms with Crippen LogP contribution in [0.2, 0.25) is 0 Å². The van der Waals surface area contributed by atoms with Crippen LogP contribution in [0.25, 0.3) is 0 Å². The largest absolute Gasteiger partial charge is 0.303 e. The standard InChI is InChI=1S/C8H14O2/c1-6(2)8(4-5-9)7(3)10/h5-6,8H,4H2,1-3H3. The molecule has 0 saturated heterocycles. The minimum atomic E-state index is -0.0718. The zero-order valence-electron chi connectivity index (χ0n) is 6.76. The molecule has 1 atom stereocenters. The van der Waals surface area contributed by atoms with Crippen LogP contribution in [0.1, 0.15) is 27.2 Å². The van der Waals surface area contributed by atoms with E-state index >= 15 is 0 Å². The van der Waals surface area contributed by atoms with E-state index in [1.807, 2.05) is 13.8 Å². The average molecular weight is 142 g/mol. The van der Waals surface area contributed by atoms with E-state index in [0.717, 1.165) is 6.29 Å². The lowest BCUT2D eigenvalue weighted by molar-refractivity contribution is -0.124. The number of aldehydes is 1. The molecule has 0 radical (unpaired) electrons. The van der Waals surface area contributed by atoms with Gasteiger partial charge in [0.25, 0.3) is 0 Å². The van der Waals surface area contributed by atoms with Gasteiger partial charge in [0, 0.05) is 12.3 Å². The van der Waals surface area contributed by atoms with Crippen LogP contribution in [-0.2, 0) is 9.59 Å². The van der Waals surface area contributed by atoms with Gasteiger partial charge >= 0.3 is 0 Å². The summed E-state index contributed by atoms with van der Waals surface area (Å²) in [6.45, 7) is 5.44. The van der Waals surface area contributed by atoms with Gasteiger partial charge < -0.3 is 4.79 Å². The Morgan fingerprint density at radius 1 is 1.50 bits per heavy atom. The highest BCUT2D eigenvalue weighted by Gasteiger charge is 2.16. The fraction of sp³-hybridized carbons (Fsp3) is 0.750. The second-order valence-electron chi connectivity index (χ2n) is 2.86. The maximum absolute atomic E-state index is 10.8. The fourth-order valence-electron chi connectivity index (χ4n) is 1.01. The molecule has 0 bridgehead atoms. The van der Waals surface area contributed by atoms with Gasteiger partial charge in [-0.3, -0.25) is 4.79 Å². The van der Waals surface area contributed by atoms with E-state index in [0.29, 0.717) is 6.42 Å². The Kier molecular flexibility index (Phi) is 3.93. The Labute approximate surface area is 61.6 Å². The van der Waals surface area contributed by atoms with Crippen molar-refractivity contribution in [1.82, 2.24) is 0 Å². The van der Waals surface area contributed by atoms with Crippen LogP contribution in [0.5, 0.6) is 0 Å². The van der Waals surface area contributed by atoms with Gasteiger partial charge in [-0.15, -0.1) is 0 Å². The quantitative estimate of drug-likeness (QED) is 0.556. The summed E-state index contributed by atoms with van der Waals surface area (Å²) in [5, 5.41) is 0. The molecular weight excluding hydrogens is 128 g/mol. The Balaban J connectivity index is 3.97. The summed E-state index contributed by atoms with van der Waals surface area (Å²) in [6, 6.07) is 0. The minimum absolute atomic E-state index is 0.0718. The van der Waals surface area contributed by atoms with Crippen LogP contribution < -0.4 is 0 Å². The molecule has 0 fully saturated rings. The molecule has 0 aromatic heterocycles. The second kappa shape index (κ2) is 4.20. The van der Waals surface area contributed by atoms with Crippen LogP contribution in [0.4, 0.5) is 0 Å². The lowest BCUT2D eigenvalue weighted by Gasteiger charge is -2.13. The molecule has 2 heteroatoms. The molecule has 1 unspecified atom stereocenters. The van der Waals surface area contributed by atoms with Gasteiger partial charge in [-0.25, -0.2) is 0 Å². The molecule has 0 aliphatic carbocycles. The van der Waals surface area contributed by atoms with Crippen molar-refractivity contribution in [2.75, 3.05) is 0 Å². The molecule has 2 nitrogen and oxygen atoms in total. The molecule has 0 aromatic rings. The predicted octanol–water partition coefficient (Wildman–Crippen LogP) is 1.44. The van der Waals surface area contributed by atoms with E-state index < -0.39 is 0 Å². The number of Topliss-reactive ketones (excluding diaryl/α,β-unsaturated/α-hetero) is 1. The average Bonchev–Trinajstić information content (AvgIpc) is 1.81. The molecule has 0 aliphatic heterocycles. The van der Waals surface area contributed by atoms with Crippen LogP contribution in [0, 0.1) is 11.8 Å². The van der Waals surface area contributed by atoms with E-state index in [4.69, 9.17) is 0 Å². The lowest BCUT2D eigenvalue weighted by atomic mass is 9.90. The van der Waals surface area contributed by atoms with Gasteiger partial charge in [-0.05, 0) is 12.8 Å². The zero-order chi connectivity index (χ0) is 8.15. The first-order valence-corrected chi connectivity index (χ1v) is 3.53. The van der Waals surface area contributed by atoms with Gasteiger partial charge in [0.05, 0.1) is 0 Å². The monoisotopic (exact) mass is 142 g/mol. The minimum Gasteiger partial charge on any atom is -0.303 e. The highest BCUT2D eigenvalue weighted by Crippen LogP contribution is 2.14. The molecule has 0 rings (SSSR count). The smallest absolute Gasteiger partial charge is 0.133 e. The summed E-state index contributed by atoms with van der Waals surface area (Å²) < 4.78 is 0. The van der Waals surface area contributed by atoms with Gasteiger partial charge in [-0.1, -0.05) is 13.8 Å². The van der Waals surface area contributed by atoms with E-state index in [9.17, 15) is 9.59 Å². The van der Waals surface area contributed by atoms with Crippen LogP contribution in [0.15, 0.2) is 0 Å². The third-order valence-electron chi connectivity index (χ3n) is 1.68. The Hall–Kier alpha value is -0.660. The SMILES string of the molecule is CC(=O)C(CC=O)C(C)C. The van der Waals surface area contributed by atoms with Crippen LogP contribution in [-0.4, -0.2) is 12.1 Å². The fourth-order valence-corrected chi connectivity index (χ4v) is 1.01. The van der Waals surface area contributed by atoms with Crippen molar-refractivity contribution in [3.63, 3.8) is 0 Å². The molecule has 0 aromatic carbocycles. The summed E-state index contributed by atoms with van der Waals surface area (Å²) in [5.41, 5.74) is 0. The van der Waals surface area contributed by atoms with Gasteiger partial charge in [-0.2, -0.15) is 0 Å². The first-order valence-electron chi connectivity index (χ1n) is 3.53. The highest BCUT2D eigenvalue weighted by molar-refractivity contribution is 5.80. The summed E-state index contributed by atoms with van der Waals surface area (Å²) in [4.78, 5) is 20.9. The maximum Gasteiger partial charge on any atom is 0.133 e. The first-order chi connectivity index (χ1) is 4.59. The van der Waals surface area contributed by atoms with Crippen molar-refractivity contribution in [3.8, 4) is 0 Å². The van der Waals surface area contributed by atoms with Gasteiger partial charge in [0.15, 0.2) is 0 Å². The van der Waals surface area contributed by atoms with E-state index in [2.05, 4.69) is 0 Å². The molecule has 0 N–H and O–H groups in total. The van der Waals surface area contributed by atoms with Crippen molar-refractivity contribution >= 4 is 12.1 Å². The number of hydrogen-bond donors (Lipinski definition) is 0. The first kappa shape index (κ1) is 9.34. The molecule has 58 valence electrons. The molecule has 0 aliphatic rings. The highest BCUT2D eigenvalue weighted by atomic mass is 16.1. The van der Waals surface area contributed by atoms with Crippen LogP contribution in [0.3, 0.4) is 0 Å². The predicted molar refractivity (Wildman–Crippen MR) is 39.7 cm³/mol. The van der Waals surface area contributed by atoms with Crippen molar-refractivity contribution < 1.29 is 9.59 Å². The lowest BCUT2D eigenvalue weighted by Crippen LogP contribution is -2.17. The second-order valence-corrected chi connectivity index (χ2v) is 2.86. The third-order valence-corrected chi connectivity index (χ3v) is 1.68. The zero-order valence-corrected chi connectivity index (χ0v) is 6.76. The topological polar surface area (TPSA) is 34.1 Å². The molecule has 0 saturated carbocycles. The molecule has 0 heterocycles. The third kappa shape index (κ3) is 2.76. The van der Waals surface area contributed by atoms with Gasteiger partial charge in [0.1, 0.15) is 12.1 Å². The maximum atomic E-state index is 10.8. The summed E-state index contributed by atoms with van der Waals surface area (Å²) in [6.07, 6.45) is 1.18. The Bertz CT molecular complexity index is 127. The molecule has 10 heavy (non-hydrogen) atoms. The van der Waals surface area contributed by atoms with Crippen LogP contribution >= 0.6 is 0 Å². The number of carbonyl (C=O) groups is 2. The van der Waals surface area contributed by atoms with Crippen molar-refractivity contribution in [1.29, 1.82) is 0 Å². The number of ketones is 1. The van der Waals surface area contributed by atoms with E-state index in [-0.39, 0.29) is 17.6 Å². The summed E-state index contributed by atoms with van der Waals surface area (Å²) in [5.74, 6) is 0.322. The number of carbonyl (C=O) groups excluding carboxylic acids is 2. The normalized spacial score (nSPS) is 13.2. The Morgan fingerprint density at radius 2 is 2.00 bits per heavy atom. The summed E-state index contributed by atoms with van der Waals surface area (Å²) in [7, 11) is 0. The number of hydrogen-bond acceptors (Lipinski definition) is 2. The van der Waals surface area contributed by atoms with Crippen molar-refractivity contribution in [2.24, 2.45) is 11.8 Å². The van der Waals surface area contributed by atoms with E-state index in [1.54, 1.807) is 0 Å². The molecule has 0 spiro atoms. The summed E-state index contributed by atoms with van der Waals surface area (Å²) >= 11 is 0. The molecular formula is C8H14O2. The van der Waals surface area contributed by atoms with Crippen molar-refractivity contribution in [2.45, 2.75) is 27.2 Å². The van der Waals surface area contributed by atoms with Gasteiger partial charge in [0.2, 0.25) is 0 Å².